The summed E-state index contributed by atoms with van der Waals surface area (Å²) >= 11 is 0. The number of imidazole rings is 1. The Hall–Kier alpha value is -5.62. The summed E-state index contributed by atoms with van der Waals surface area (Å²) in [5.41, 5.74) is 6.62. The van der Waals surface area contributed by atoms with Crippen molar-refractivity contribution in [3.05, 3.63) is 126 Å². The Bertz CT molecular complexity index is 2290. The van der Waals surface area contributed by atoms with Gasteiger partial charge >= 0.3 is 0 Å². The first-order chi connectivity index (χ1) is 31.3. The Labute approximate surface area is 384 Å². The number of nitrogens with one attached hydrogen (secondary N) is 3. The van der Waals surface area contributed by atoms with E-state index >= 15 is 0 Å². The van der Waals surface area contributed by atoms with E-state index < -0.39 is 0 Å². The van der Waals surface area contributed by atoms with Gasteiger partial charge in [-0.3, -0.25) is 14.9 Å². The Morgan fingerprint density at radius 2 is 1.19 bits per heavy atom. The minimum Gasteiger partial charge on any atom is -0.395 e. The van der Waals surface area contributed by atoms with Crippen LogP contribution in [0.2, 0.25) is 0 Å². The number of carbonyl (C=O) groups excluding carboxylic acids is 2. The summed E-state index contributed by atoms with van der Waals surface area (Å²) in [7, 11) is 7.12. The minimum atomic E-state index is -0.113. The Morgan fingerprint density at radius 3 is 1.73 bits per heavy atom. The van der Waals surface area contributed by atoms with E-state index in [0.29, 0.717) is 50.8 Å². The smallest absolute Gasteiger partial charge is 0.282 e. The van der Waals surface area contributed by atoms with Gasteiger partial charge in [-0.2, -0.15) is 0 Å². The molecule has 7 N–H and O–H groups in total. The number of fused-ring (bicyclic) bond motifs is 1. The molecule has 4 aromatic carbocycles. The molecule has 0 unspecified atom stereocenters. The molecule has 0 radical (unpaired) electrons. The topological polar surface area (TPSA) is 169 Å². The lowest BCUT2D eigenvalue weighted by molar-refractivity contribution is -0.647. The average molecular weight is 911 g/mol. The molecule has 0 bridgehead atoms. The molecule has 0 saturated heterocycles. The standard InChI is InChI=1S/C48H60N8O6S2/c1-49-45(22-16-38-12-18-40(19-13-38)53(26-30-57)27-31-58)55(42-8-4-3-5-9-42)36-46(61)50-24-34-63-64-35-25-51-47(62)37-56-44-11-7-6-10-43(44)52(2)48(56)23-17-39-14-20-41(21-15-39)54(28-32-59)29-33-60/h3-23,57-60H,24-37H2,1-2H3,(H-,50,51,61,62)/p+2/b22-16+. The number of anilines is 2. The molecule has 64 heavy (non-hydrogen) atoms. The zero-order chi connectivity index (χ0) is 45.5. The molecular weight excluding hydrogens is 849 g/mol. The molecule has 16 heteroatoms. The number of aryl methyl sites for hydroxylation is 1. The molecular formula is C48H62N8O6S2+2. The fraction of sp³-hybridized carbons (Fsp3) is 0.333. The molecule has 0 aliphatic carbocycles. The van der Waals surface area contributed by atoms with Crippen molar-refractivity contribution in [1.29, 1.82) is 0 Å². The van der Waals surface area contributed by atoms with E-state index in [1.54, 1.807) is 21.6 Å². The number of nitrogens with zero attached hydrogens (tertiary/aromatic N) is 5. The lowest BCUT2D eigenvalue weighted by Gasteiger charge is -2.22. The van der Waals surface area contributed by atoms with Crippen molar-refractivity contribution in [2.75, 3.05) is 101 Å². The highest BCUT2D eigenvalue weighted by atomic mass is 33.1. The number of para-hydroxylation sites is 3. The van der Waals surface area contributed by atoms with Crippen LogP contribution < -0.4 is 30.3 Å². The first-order valence-corrected chi connectivity index (χ1v) is 23.9. The number of aliphatic hydroxyl groups is 4. The number of benzene rings is 4. The van der Waals surface area contributed by atoms with E-state index in [0.717, 1.165) is 50.9 Å². The molecule has 14 nitrogen and oxygen atoms in total. The summed E-state index contributed by atoms with van der Waals surface area (Å²) in [5, 5.41) is 47.0. The molecule has 1 aromatic heterocycles. The summed E-state index contributed by atoms with van der Waals surface area (Å²) < 4.78 is 6.03. The van der Waals surface area contributed by atoms with Gasteiger partial charge in [0, 0.05) is 74.3 Å². The first-order valence-electron chi connectivity index (χ1n) is 21.4. The van der Waals surface area contributed by atoms with E-state index in [1.807, 2.05) is 160 Å². The highest BCUT2D eigenvalue weighted by molar-refractivity contribution is 8.76. The third kappa shape index (κ3) is 14.7. The highest BCUT2D eigenvalue weighted by Crippen LogP contribution is 2.21. The molecule has 0 fully saturated rings. The molecule has 0 saturated carbocycles. The van der Waals surface area contributed by atoms with Crippen molar-refractivity contribution in [3.63, 3.8) is 0 Å². The second-order valence-corrected chi connectivity index (χ2v) is 17.3. The number of amidine groups is 1. The van der Waals surface area contributed by atoms with Gasteiger partial charge in [-0.15, -0.1) is 0 Å². The third-order valence-corrected chi connectivity index (χ3v) is 12.7. The molecule has 2 amide bonds. The van der Waals surface area contributed by atoms with Crippen LogP contribution in [0.5, 0.6) is 0 Å². The van der Waals surface area contributed by atoms with Gasteiger partial charge in [0.25, 0.3) is 23.5 Å². The lowest BCUT2D eigenvalue weighted by atomic mass is 10.1. The van der Waals surface area contributed by atoms with Gasteiger partial charge in [0.2, 0.25) is 0 Å². The van der Waals surface area contributed by atoms with Gasteiger partial charge in [0.05, 0.1) is 40.5 Å². The number of likely N-dealkylation sites (N-methyl/N-ethyl adjacent to an activating group) is 1. The second kappa shape index (κ2) is 26.9. The van der Waals surface area contributed by atoms with Gasteiger partial charge < -0.3 is 40.9 Å². The second-order valence-electron chi connectivity index (χ2n) is 14.6. The van der Waals surface area contributed by atoms with Crippen LogP contribution >= 0.6 is 21.6 Å². The van der Waals surface area contributed by atoms with E-state index in [9.17, 15) is 30.0 Å². The average Bonchev–Trinajstić information content (AvgIpc) is 3.58. The van der Waals surface area contributed by atoms with Crippen molar-refractivity contribution in [3.8, 4) is 0 Å². The summed E-state index contributed by atoms with van der Waals surface area (Å²) in [5.74, 6) is 2.84. The van der Waals surface area contributed by atoms with Crippen LogP contribution in [0.25, 0.3) is 29.3 Å². The fourth-order valence-electron chi connectivity index (χ4n) is 7.15. The Kier molecular flexibility index (Phi) is 20.7. The van der Waals surface area contributed by atoms with Crippen LogP contribution in [0.1, 0.15) is 17.0 Å². The monoisotopic (exact) mass is 910 g/mol. The molecule has 5 aromatic rings. The minimum absolute atomic E-state index is 0.000181. The number of carbonyl (C=O) groups is 2. The van der Waals surface area contributed by atoms with E-state index in [2.05, 4.69) is 20.5 Å². The number of amides is 2. The SMILES string of the molecule is CNC(/C=C/c1ccc(N(CCO)CCO)cc1)=[N+](CC(=O)NCCSSCCNC(=O)Cn1c(/C=C/c2ccc(N(CCO)CCO)cc2)[n+](C)c2ccccc21)c1ccccc1. The van der Waals surface area contributed by atoms with Crippen LogP contribution in [-0.4, -0.2) is 138 Å². The fourth-order valence-corrected chi connectivity index (χ4v) is 8.96. The maximum absolute atomic E-state index is 13.3. The number of hydrogen-bond donors (Lipinski definition) is 7. The van der Waals surface area contributed by atoms with Crippen LogP contribution in [-0.2, 0) is 23.2 Å². The normalized spacial score (nSPS) is 11.9. The molecule has 340 valence electrons. The Morgan fingerprint density at radius 1 is 0.672 bits per heavy atom. The molecule has 1 heterocycles. The van der Waals surface area contributed by atoms with Gasteiger partial charge in [0.1, 0.15) is 5.69 Å². The van der Waals surface area contributed by atoms with Crippen LogP contribution in [0, 0.1) is 0 Å². The number of rotatable bonds is 26. The third-order valence-electron chi connectivity index (χ3n) is 10.3. The van der Waals surface area contributed by atoms with Gasteiger partial charge in [-0.25, -0.2) is 13.7 Å². The number of aliphatic hydroxyl groups excluding tert-OH is 4. The summed E-state index contributed by atoms with van der Waals surface area (Å²) in [6.45, 7) is 3.05. The van der Waals surface area contributed by atoms with Crippen LogP contribution in [0.15, 0.2) is 109 Å². The zero-order valence-electron chi connectivity index (χ0n) is 36.7. The summed E-state index contributed by atoms with van der Waals surface area (Å²) in [6.07, 6.45) is 7.94. The van der Waals surface area contributed by atoms with Crippen molar-refractivity contribution in [1.82, 2.24) is 20.5 Å². The Balaban J connectivity index is 1.09. The highest BCUT2D eigenvalue weighted by Gasteiger charge is 2.23. The zero-order valence-corrected chi connectivity index (χ0v) is 38.3. The van der Waals surface area contributed by atoms with Crippen molar-refractivity contribution in [2.24, 2.45) is 7.05 Å². The number of aromatic nitrogens is 2. The molecule has 5 rings (SSSR count). The molecule has 0 aliphatic rings. The van der Waals surface area contributed by atoms with E-state index in [4.69, 9.17) is 0 Å². The van der Waals surface area contributed by atoms with Gasteiger partial charge in [-0.1, -0.05) is 76.2 Å². The van der Waals surface area contributed by atoms with E-state index in [-0.39, 0.29) is 51.3 Å². The molecule has 0 aliphatic heterocycles. The van der Waals surface area contributed by atoms with Crippen molar-refractivity contribution < 1.29 is 39.2 Å². The summed E-state index contributed by atoms with van der Waals surface area (Å²) in [4.78, 5) is 30.4. The largest absolute Gasteiger partial charge is 0.395 e. The molecule has 0 atom stereocenters. The number of hydrogen-bond acceptors (Lipinski definition) is 10. The van der Waals surface area contributed by atoms with Gasteiger partial charge in [-0.05, 0) is 71.8 Å². The summed E-state index contributed by atoms with van der Waals surface area (Å²) in [6, 6.07) is 33.6. The first kappa shape index (κ1) is 49.4. The predicted octanol–water partition coefficient (Wildman–Crippen LogP) is 3.51. The van der Waals surface area contributed by atoms with E-state index in [1.165, 1.54) is 0 Å². The predicted molar refractivity (Wildman–Crippen MR) is 263 cm³/mol. The van der Waals surface area contributed by atoms with Gasteiger partial charge in [0.15, 0.2) is 24.1 Å². The van der Waals surface area contributed by atoms with Crippen molar-refractivity contribution in [2.45, 2.75) is 6.54 Å². The molecule has 0 spiro atoms. The van der Waals surface area contributed by atoms with Crippen LogP contribution in [0.4, 0.5) is 17.1 Å². The van der Waals surface area contributed by atoms with Crippen LogP contribution in [0.3, 0.4) is 0 Å². The maximum Gasteiger partial charge on any atom is 0.282 e. The lowest BCUT2D eigenvalue weighted by Crippen LogP contribution is -2.37. The maximum atomic E-state index is 13.3. The quantitative estimate of drug-likeness (QED) is 0.0143. The van der Waals surface area contributed by atoms with Crippen molar-refractivity contribution >= 4 is 85.6 Å².